The monoisotopic (exact) mass is 429 g/mol. The van der Waals surface area contributed by atoms with Gasteiger partial charge in [0.05, 0.1) is 18.6 Å². The largest absolute Gasteiger partial charge is 0.497 e. The highest BCUT2D eigenvalue weighted by atomic mass is 32.2. The first-order chi connectivity index (χ1) is 15.2. The summed E-state index contributed by atoms with van der Waals surface area (Å²) >= 11 is 1.42. The van der Waals surface area contributed by atoms with Crippen LogP contribution in [0.3, 0.4) is 0 Å². The Morgan fingerprint density at radius 3 is 2.26 bits per heavy atom. The van der Waals surface area contributed by atoms with E-state index in [1.54, 1.807) is 7.11 Å². The highest BCUT2D eigenvalue weighted by Crippen LogP contribution is 2.32. The Kier molecular flexibility index (Phi) is 6.38. The Labute approximate surface area is 186 Å². The maximum Gasteiger partial charge on any atom is 0.234 e. The van der Waals surface area contributed by atoms with Crippen molar-refractivity contribution in [3.63, 3.8) is 0 Å². The number of benzene rings is 3. The number of para-hydroxylation sites is 1. The van der Waals surface area contributed by atoms with Gasteiger partial charge in [0, 0.05) is 22.6 Å². The molecule has 6 heteroatoms. The van der Waals surface area contributed by atoms with Crippen LogP contribution in [-0.4, -0.2) is 28.3 Å². The summed E-state index contributed by atoms with van der Waals surface area (Å²) in [7, 11) is 1.65. The van der Waals surface area contributed by atoms with E-state index in [-0.39, 0.29) is 11.7 Å². The first kappa shape index (κ1) is 20.8. The van der Waals surface area contributed by atoms with E-state index in [0.717, 1.165) is 39.2 Å². The minimum Gasteiger partial charge on any atom is -0.497 e. The molecule has 0 radical (unpaired) electrons. The molecule has 0 saturated heterocycles. The number of nitrogens with zero attached hydrogens (tertiary/aromatic N) is 2. The van der Waals surface area contributed by atoms with E-state index in [9.17, 15) is 4.79 Å². The molecule has 0 atom stereocenters. The van der Waals surface area contributed by atoms with E-state index in [1.165, 1.54) is 11.8 Å². The van der Waals surface area contributed by atoms with Crippen LogP contribution in [0, 0.1) is 6.92 Å². The van der Waals surface area contributed by atoms with Crippen LogP contribution in [0.2, 0.25) is 0 Å². The van der Waals surface area contributed by atoms with Crippen molar-refractivity contribution in [3.8, 4) is 22.7 Å². The first-order valence-corrected chi connectivity index (χ1v) is 10.9. The minimum absolute atomic E-state index is 0.0700. The third kappa shape index (κ3) is 4.81. The van der Waals surface area contributed by atoms with Gasteiger partial charge in [-0.2, -0.15) is 0 Å². The lowest BCUT2D eigenvalue weighted by atomic mass is 10.1. The highest BCUT2D eigenvalue weighted by molar-refractivity contribution is 7.99. The molecule has 4 aromatic rings. The van der Waals surface area contributed by atoms with Gasteiger partial charge in [-0.1, -0.05) is 60.3 Å². The lowest BCUT2D eigenvalue weighted by Crippen LogP contribution is -2.14. The van der Waals surface area contributed by atoms with Crippen molar-refractivity contribution in [1.82, 2.24) is 9.55 Å². The molecule has 4 rings (SSSR count). The fourth-order valence-corrected chi connectivity index (χ4v) is 4.19. The Morgan fingerprint density at radius 1 is 0.968 bits per heavy atom. The van der Waals surface area contributed by atoms with Gasteiger partial charge in [0.25, 0.3) is 0 Å². The standard InChI is InChI=1S/C25H23N3O2S/c1-18-24(19-9-5-3-6-10-19)27-25(28(18)21-13-15-22(30-2)16-14-21)31-17-23(29)26-20-11-7-4-8-12-20/h3-16H,17H2,1-2H3,(H,26,29). The third-order valence-corrected chi connectivity index (χ3v) is 5.78. The molecule has 156 valence electrons. The number of hydrogen-bond acceptors (Lipinski definition) is 4. The molecule has 0 aliphatic carbocycles. The summed E-state index contributed by atoms with van der Waals surface area (Å²) < 4.78 is 7.38. The number of hydrogen-bond donors (Lipinski definition) is 1. The van der Waals surface area contributed by atoms with Crippen LogP contribution in [0.5, 0.6) is 5.75 Å². The van der Waals surface area contributed by atoms with Gasteiger partial charge in [0.1, 0.15) is 5.75 Å². The fraction of sp³-hybridized carbons (Fsp3) is 0.120. The molecular weight excluding hydrogens is 406 g/mol. The van der Waals surface area contributed by atoms with Crippen molar-refractivity contribution in [2.24, 2.45) is 0 Å². The van der Waals surface area contributed by atoms with Crippen LogP contribution in [0.15, 0.2) is 90.1 Å². The zero-order valence-electron chi connectivity index (χ0n) is 17.4. The molecule has 0 saturated carbocycles. The van der Waals surface area contributed by atoms with Gasteiger partial charge in [-0.05, 0) is 43.3 Å². The molecule has 0 unspecified atom stereocenters. The summed E-state index contributed by atoms with van der Waals surface area (Å²) in [6, 6.07) is 27.4. The molecule has 0 fully saturated rings. The molecule has 1 heterocycles. The highest BCUT2D eigenvalue weighted by Gasteiger charge is 2.18. The van der Waals surface area contributed by atoms with Crippen molar-refractivity contribution in [2.45, 2.75) is 12.1 Å². The number of amides is 1. The van der Waals surface area contributed by atoms with Crippen molar-refractivity contribution < 1.29 is 9.53 Å². The summed E-state index contributed by atoms with van der Waals surface area (Å²) in [5, 5.41) is 3.69. The fourth-order valence-electron chi connectivity index (χ4n) is 3.33. The Hall–Kier alpha value is -3.51. The molecule has 0 bridgehead atoms. The van der Waals surface area contributed by atoms with Gasteiger partial charge in [0.2, 0.25) is 5.91 Å². The van der Waals surface area contributed by atoms with Gasteiger partial charge in [-0.3, -0.25) is 9.36 Å². The third-order valence-electron chi connectivity index (χ3n) is 4.84. The maximum absolute atomic E-state index is 12.5. The second-order valence-electron chi connectivity index (χ2n) is 6.93. The predicted octanol–water partition coefficient (Wildman–Crippen LogP) is 5.59. The zero-order valence-corrected chi connectivity index (χ0v) is 18.2. The molecule has 0 aliphatic rings. The second-order valence-corrected chi connectivity index (χ2v) is 7.87. The van der Waals surface area contributed by atoms with E-state index in [0.29, 0.717) is 0 Å². The molecule has 1 amide bonds. The van der Waals surface area contributed by atoms with Crippen LogP contribution >= 0.6 is 11.8 Å². The quantitative estimate of drug-likeness (QED) is 0.389. The van der Waals surface area contributed by atoms with Gasteiger partial charge >= 0.3 is 0 Å². The number of anilines is 1. The van der Waals surface area contributed by atoms with Crippen molar-refractivity contribution >= 4 is 23.4 Å². The van der Waals surface area contributed by atoms with E-state index in [1.807, 2.05) is 91.9 Å². The molecule has 5 nitrogen and oxygen atoms in total. The van der Waals surface area contributed by atoms with Crippen LogP contribution in [0.4, 0.5) is 5.69 Å². The Morgan fingerprint density at radius 2 is 1.61 bits per heavy atom. The summed E-state index contributed by atoms with van der Waals surface area (Å²) in [5.74, 6) is 0.982. The number of aromatic nitrogens is 2. The predicted molar refractivity (Wildman–Crippen MR) is 126 cm³/mol. The smallest absolute Gasteiger partial charge is 0.234 e. The van der Waals surface area contributed by atoms with Gasteiger partial charge in [-0.25, -0.2) is 4.98 Å². The SMILES string of the molecule is COc1ccc(-n2c(SCC(=O)Nc3ccccc3)nc(-c3ccccc3)c2C)cc1. The van der Waals surface area contributed by atoms with Crippen molar-refractivity contribution in [1.29, 1.82) is 0 Å². The van der Waals surface area contributed by atoms with Gasteiger partial charge in [0.15, 0.2) is 5.16 Å². The number of thioether (sulfide) groups is 1. The average Bonchev–Trinajstić information content (AvgIpc) is 3.15. The topological polar surface area (TPSA) is 56.1 Å². The van der Waals surface area contributed by atoms with Gasteiger partial charge in [-0.15, -0.1) is 0 Å². The van der Waals surface area contributed by atoms with Crippen molar-refractivity contribution in [3.05, 3.63) is 90.6 Å². The summed E-state index contributed by atoms with van der Waals surface area (Å²) in [6.45, 7) is 2.05. The van der Waals surface area contributed by atoms with Crippen LogP contribution in [0.25, 0.3) is 16.9 Å². The molecule has 1 N–H and O–H groups in total. The average molecular weight is 430 g/mol. The first-order valence-electron chi connectivity index (χ1n) is 9.92. The second kappa shape index (κ2) is 9.53. The summed E-state index contributed by atoms with van der Waals surface area (Å²) in [4.78, 5) is 17.4. The number of carbonyl (C=O) groups is 1. The number of ether oxygens (including phenoxy) is 1. The minimum atomic E-state index is -0.0700. The molecular formula is C25H23N3O2S. The Balaban J connectivity index is 1.64. The lowest BCUT2D eigenvalue weighted by Gasteiger charge is -2.11. The molecule has 31 heavy (non-hydrogen) atoms. The van der Waals surface area contributed by atoms with Crippen LogP contribution in [-0.2, 0) is 4.79 Å². The molecule has 0 aliphatic heterocycles. The van der Waals surface area contributed by atoms with E-state index >= 15 is 0 Å². The number of nitrogens with one attached hydrogen (secondary N) is 1. The summed E-state index contributed by atoms with van der Waals surface area (Å²) in [6.07, 6.45) is 0. The van der Waals surface area contributed by atoms with Gasteiger partial charge < -0.3 is 10.1 Å². The lowest BCUT2D eigenvalue weighted by molar-refractivity contribution is -0.113. The number of imidazole rings is 1. The maximum atomic E-state index is 12.5. The number of methoxy groups -OCH3 is 1. The van der Waals surface area contributed by atoms with Crippen LogP contribution in [0.1, 0.15) is 5.69 Å². The number of carbonyl (C=O) groups excluding carboxylic acids is 1. The van der Waals surface area contributed by atoms with Crippen LogP contribution < -0.4 is 10.1 Å². The zero-order chi connectivity index (χ0) is 21.6. The normalized spacial score (nSPS) is 10.6. The van der Waals surface area contributed by atoms with Crippen molar-refractivity contribution in [2.75, 3.05) is 18.2 Å². The van der Waals surface area contributed by atoms with E-state index < -0.39 is 0 Å². The molecule has 0 spiro atoms. The number of rotatable bonds is 7. The summed E-state index contributed by atoms with van der Waals surface area (Å²) in [5.41, 5.74) is 4.72. The van der Waals surface area contributed by atoms with E-state index in [4.69, 9.17) is 9.72 Å². The Bertz CT molecular complexity index is 1160. The molecule has 1 aromatic heterocycles. The molecule has 3 aromatic carbocycles. The van der Waals surface area contributed by atoms with E-state index in [2.05, 4.69) is 9.88 Å².